The number of sulfonamides is 1. The molecule has 158 valence electrons. The van der Waals surface area contributed by atoms with Crippen LogP contribution in [0.4, 0.5) is 5.69 Å². The van der Waals surface area contributed by atoms with Gasteiger partial charge >= 0.3 is 11.1 Å². The first-order chi connectivity index (χ1) is 14.0. The molecule has 0 saturated carbocycles. The molecule has 1 aromatic heterocycles. The number of fused-ring (bicyclic) bond motifs is 1. The van der Waals surface area contributed by atoms with Gasteiger partial charge in [0.1, 0.15) is 0 Å². The lowest BCUT2D eigenvalue weighted by atomic mass is 10.2. The number of carbonyl (C=O) groups is 1. The molecule has 3 rings (SSSR count). The summed E-state index contributed by atoms with van der Waals surface area (Å²) in [4.78, 5) is 36.3. The van der Waals surface area contributed by atoms with E-state index in [1.54, 1.807) is 12.1 Å². The summed E-state index contributed by atoms with van der Waals surface area (Å²) in [6.07, 6.45) is 0. The van der Waals surface area contributed by atoms with Gasteiger partial charge in [0.15, 0.2) is 0 Å². The third-order valence-corrected chi connectivity index (χ3v) is 6.75. The van der Waals surface area contributed by atoms with E-state index in [1.807, 2.05) is 19.1 Å². The molecule has 0 unspecified atom stereocenters. The molecular weight excluding hydrogens is 408 g/mol. The monoisotopic (exact) mass is 430 g/mol. The first-order valence-corrected chi connectivity index (χ1v) is 10.5. The molecule has 30 heavy (non-hydrogen) atoms. The topological polar surface area (TPSA) is 110 Å². The van der Waals surface area contributed by atoms with Crippen LogP contribution in [0.1, 0.15) is 5.56 Å². The van der Waals surface area contributed by atoms with E-state index in [2.05, 4.69) is 5.32 Å². The normalized spacial score (nSPS) is 11.8. The van der Waals surface area contributed by atoms with Crippen molar-refractivity contribution in [2.24, 2.45) is 14.1 Å². The minimum Gasteiger partial charge on any atom is -0.325 e. The summed E-state index contributed by atoms with van der Waals surface area (Å²) in [7, 11) is 0.143. The number of amides is 1. The number of benzene rings is 2. The van der Waals surface area contributed by atoms with Crippen molar-refractivity contribution in [3.63, 3.8) is 0 Å². The average molecular weight is 430 g/mol. The van der Waals surface area contributed by atoms with Gasteiger partial charge in [-0.1, -0.05) is 18.2 Å². The van der Waals surface area contributed by atoms with Gasteiger partial charge < -0.3 is 14.5 Å². The van der Waals surface area contributed by atoms with Crippen LogP contribution in [-0.4, -0.2) is 41.4 Å². The van der Waals surface area contributed by atoms with E-state index in [0.717, 1.165) is 14.4 Å². The second kappa shape index (κ2) is 7.88. The number of rotatable bonds is 5. The van der Waals surface area contributed by atoms with E-state index < -0.39 is 27.0 Å². The van der Waals surface area contributed by atoms with Gasteiger partial charge in [0, 0.05) is 26.8 Å². The van der Waals surface area contributed by atoms with Gasteiger partial charge in [-0.05, 0) is 36.8 Å². The SMILES string of the molecule is Cc1ccccc1NC(=O)CN(C)S(=O)(=O)c1ccc2c(c1)n(C)c(=O)c(=O)n2C. The van der Waals surface area contributed by atoms with Crippen LogP contribution in [-0.2, 0) is 28.9 Å². The standard InChI is InChI=1S/C20H22N4O5S/c1-13-7-5-6-8-15(13)21-18(25)12-22(2)30(28,29)14-9-10-16-17(11-14)24(4)20(27)19(26)23(16)3/h5-11H,12H2,1-4H3,(H,21,25). The molecule has 1 N–H and O–H groups in total. The summed E-state index contributed by atoms with van der Waals surface area (Å²) in [6.45, 7) is 1.45. The van der Waals surface area contributed by atoms with Crippen molar-refractivity contribution in [2.45, 2.75) is 11.8 Å². The quantitative estimate of drug-likeness (QED) is 0.602. The number of aryl methyl sites for hydroxylation is 3. The molecule has 0 aliphatic heterocycles. The molecular formula is C20H22N4O5S. The highest BCUT2D eigenvalue weighted by molar-refractivity contribution is 7.89. The van der Waals surface area contributed by atoms with Crippen LogP contribution < -0.4 is 16.4 Å². The Hall–Kier alpha value is -3.24. The van der Waals surface area contributed by atoms with E-state index in [0.29, 0.717) is 16.7 Å². The Morgan fingerprint density at radius 3 is 2.23 bits per heavy atom. The van der Waals surface area contributed by atoms with Crippen molar-refractivity contribution in [2.75, 3.05) is 18.9 Å². The smallest absolute Gasteiger partial charge is 0.316 e. The number of para-hydroxylation sites is 1. The van der Waals surface area contributed by atoms with Crippen molar-refractivity contribution < 1.29 is 13.2 Å². The fourth-order valence-electron chi connectivity index (χ4n) is 3.09. The minimum atomic E-state index is -4.01. The maximum atomic E-state index is 13.0. The predicted molar refractivity (Wildman–Crippen MR) is 114 cm³/mol. The number of nitrogens with one attached hydrogen (secondary N) is 1. The van der Waals surface area contributed by atoms with Gasteiger partial charge in [0.2, 0.25) is 15.9 Å². The molecule has 0 fully saturated rings. The second-order valence-electron chi connectivity index (χ2n) is 7.00. The number of carbonyl (C=O) groups excluding carboxylic acids is 1. The highest BCUT2D eigenvalue weighted by atomic mass is 32.2. The fraction of sp³-hybridized carbons (Fsp3) is 0.250. The third kappa shape index (κ3) is 3.79. The van der Waals surface area contributed by atoms with Gasteiger partial charge in [-0.15, -0.1) is 0 Å². The first-order valence-electron chi connectivity index (χ1n) is 9.05. The zero-order valence-electron chi connectivity index (χ0n) is 17.0. The van der Waals surface area contributed by atoms with Gasteiger partial charge in [0.05, 0.1) is 22.5 Å². The second-order valence-corrected chi connectivity index (χ2v) is 9.05. The molecule has 0 saturated heterocycles. The molecule has 0 spiro atoms. The maximum absolute atomic E-state index is 13.0. The largest absolute Gasteiger partial charge is 0.325 e. The van der Waals surface area contributed by atoms with Crippen LogP contribution >= 0.6 is 0 Å². The fourth-order valence-corrected chi connectivity index (χ4v) is 4.24. The van der Waals surface area contributed by atoms with Crippen LogP contribution in [0.25, 0.3) is 11.0 Å². The lowest BCUT2D eigenvalue weighted by Gasteiger charge is -2.18. The van der Waals surface area contributed by atoms with E-state index >= 15 is 0 Å². The summed E-state index contributed by atoms with van der Waals surface area (Å²) < 4.78 is 29.2. The van der Waals surface area contributed by atoms with Crippen LogP contribution in [0.2, 0.25) is 0 Å². The van der Waals surface area contributed by atoms with Gasteiger partial charge in [0.25, 0.3) is 0 Å². The number of hydrogen-bond donors (Lipinski definition) is 1. The number of hydrogen-bond acceptors (Lipinski definition) is 5. The van der Waals surface area contributed by atoms with E-state index in [4.69, 9.17) is 0 Å². The Morgan fingerprint density at radius 1 is 1.00 bits per heavy atom. The number of anilines is 1. The summed E-state index contributed by atoms with van der Waals surface area (Å²) >= 11 is 0. The van der Waals surface area contributed by atoms with Crippen molar-refractivity contribution in [3.05, 3.63) is 68.7 Å². The number of aromatic nitrogens is 2. The van der Waals surface area contributed by atoms with Crippen molar-refractivity contribution in [1.29, 1.82) is 0 Å². The molecule has 0 aliphatic rings. The Labute approximate surface area is 173 Å². The highest BCUT2D eigenvalue weighted by Gasteiger charge is 2.24. The van der Waals surface area contributed by atoms with E-state index in [-0.39, 0.29) is 11.4 Å². The van der Waals surface area contributed by atoms with Crippen LogP contribution in [0, 0.1) is 6.92 Å². The molecule has 3 aromatic rings. The Morgan fingerprint density at radius 2 is 1.60 bits per heavy atom. The lowest BCUT2D eigenvalue weighted by Crippen LogP contribution is -2.39. The van der Waals surface area contributed by atoms with Gasteiger partial charge in [-0.3, -0.25) is 14.4 Å². The predicted octanol–water partition coefficient (Wildman–Crippen LogP) is 0.805. The summed E-state index contributed by atoms with van der Waals surface area (Å²) in [5.41, 5.74) is 0.713. The summed E-state index contributed by atoms with van der Waals surface area (Å²) in [5.74, 6) is -0.481. The lowest BCUT2D eigenvalue weighted by molar-refractivity contribution is -0.116. The van der Waals surface area contributed by atoms with Crippen LogP contribution in [0.15, 0.2) is 56.9 Å². The molecule has 2 aromatic carbocycles. The van der Waals surface area contributed by atoms with Crippen molar-refractivity contribution >= 4 is 32.7 Å². The summed E-state index contributed by atoms with van der Waals surface area (Å²) in [6, 6.07) is 11.3. The zero-order chi connectivity index (χ0) is 22.2. The Balaban J connectivity index is 1.92. The molecule has 1 heterocycles. The molecule has 9 nitrogen and oxygen atoms in total. The van der Waals surface area contributed by atoms with Crippen LogP contribution in [0.5, 0.6) is 0 Å². The Kier molecular flexibility index (Phi) is 5.64. The summed E-state index contributed by atoms with van der Waals surface area (Å²) in [5, 5.41) is 2.70. The number of nitrogens with zero attached hydrogens (tertiary/aromatic N) is 3. The molecule has 0 aliphatic carbocycles. The zero-order valence-corrected chi connectivity index (χ0v) is 17.9. The minimum absolute atomic E-state index is 0.0881. The van der Waals surface area contributed by atoms with Crippen molar-refractivity contribution in [3.8, 4) is 0 Å². The molecule has 10 heteroatoms. The molecule has 0 bridgehead atoms. The van der Waals surface area contributed by atoms with Crippen molar-refractivity contribution in [1.82, 2.24) is 13.4 Å². The first kappa shape index (κ1) is 21.5. The molecule has 0 radical (unpaired) electrons. The average Bonchev–Trinajstić information content (AvgIpc) is 2.71. The highest BCUT2D eigenvalue weighted by Crippen LogP contribution is 2.20. The third-order valence-electron chi connectivity index (χ3n) is 4.96. The Bertz CT molecular complexity index is 1370. The molecule has 0 atom stereocenters. The molecule has 1 amide bonds. The number of likely N-dealkylation sites (N-methyl/N-ethyl adjacent to an activating group) is 1. The van der Waals surface area contributed by atoms with Crippen LogP contribution in [0.3, 0.4) is 0 Å². The van der Waals surface area contributed by atoms with Gasteiger partial charge in [-0.25, -0.2) is 8.42 Å². The van der Waals surface area contributed by atoms with Gasteiger partial charge in [-0.2, -0.15) is 4.31 Å². The van der Waals surface area contributed by atoms with E-state index in [9.17, 15) is 22.8 Å². The van der Waals surface area contributed by atoms with E-state index in [1.165, 1.54) is 43.9 Å². The maximum Gasteiger partial charge on any atom is 0.316 e.